The molecular weight excluding hydrogens is 228 g/mol. The van der Waals surface area contributed by atoms with Gasteiger partial charge in [-0.25, -0.2) is 0 Å². The van der Waals surface area contributed by atoms with Gasteiger partial charge in [0.25, 0.3) is 0 Å². The van der Waals surface area contributed by atoms with Crippen LogP contribution in [0.2, 0.25) is 0 Å². The highest BCUT2D eigenvalue weighted by Gasteiger charge is 2.10. The number of thiol groups is 1. The molecule has 0 aromatic heterocycles. The summed E-state index contributed by atoms with van der Waals surface area (Å²) in [5, 5.41) is 0.658. The van der Waals surface area contributed by atoms with Crippen LogP contribution in [0.5, 0.6) is 0 Å². The zero-order valence-corrected chi connectivity index (χ0v) is 10.3. The Morgan fingerprint density at radius 2 is 1.18 bits per heavy atom. The number of benzene rings is 2. The molecule has 0 atom stereocenters. The molecule has 0 heterocycles. The lowest BCUT2D eigenvalue weighted by Crippen LogP contribution is -2.21. The minimum absolute atomic E-state index is 0.211. The van der Waals surface area contributed by atoms with Gasteiger partial charge in [-0.15, -0.1) is 0 Å². The maximum Gasteiger partial charge on any atom is 0.0754 e. The number of hydrogen-bond acceptors (Lipinski definition) is 0. The van der Waals surface area contributed by atoms with Gasteiger partial charge in [0.05, 0.1) is 5.11 Å². The molecule has 0 saturated carbocycles. The van der Waals surface area contributed by atoms with E-state index >= 15 is 0 Å². The zero-order valence-electron chi connectivity index (χ0n) is 9.45. The number of rotatable bonds is 3. The molecule has 0 aliphatic heterocycles. The lowest BCUT2D eigenvalue weighted by Gasteiger charge is -2.14. The fourth-order valence-electron chi connectivity index (χ4n) is 1.76. The summed E-state index contributed by atoms with van der Waals surface area (Å²) in [4.78, 5) is 0. The largest absolute Gasteiger partial charge is 0.289 e. The molecule has 0 spiro atoms. The first kappa shape index (κ1) is 12.0. The van der Waals surface area contributed by atoms with Crippen molar-refractivity contribution in [2.45, 2.75) is 5.25 Å². The summed E-state index contributed by atoms with van der Waals surface area (Å²) in [5.74, 6) is 0. The van der Waals surface area contributed by atoms with Crippen molar-refractivity contribution in [3.8, 4) is 0 Å². The normalized spacial score (nSPS) is 10.5. The van der Waals surface area contributed by atoms with E-state index in [1.807, 2.05) is 36.4 Å². The quantitative estimate of drug-likeness (QED) is 0.573. The minimum Gasteiger partial charge on any atom is -0.289 e. The molecule has 0 aliphatic carbocycles. The van der Waals surface area contributed by atoms with E-state index in [1.54, 1.807) is 0 Å². The molecule has 17 heavy (non-hydrogen) atoms. The van der Waals surface area contributed by atoms with Crippen LogP contribution < -0.4 is 11.5 Å². The van der Waals surface area contributed by atoms with Gasteiger partial charge in [-0.2, -0.15) is 11.4 Å². The van der Waals surface area contributed by atoms with Crippen LogP contribution in [0.1, 0.15) is 16.4 Å². The van der Waals surface area contributed by atoms with Gasteiger partial charge in [0.15, 0.2) is 0 Å². The smallest absolute Gasteiger partial charge is 0.0754 e. The van der Waals surface area contributed by atoms with Crippen LogP contribution in [0.4, 0.5) is 0 Å². The third-order valence-corrected chi connectivity index (χ3v) is 3.66. The van der Waals surface area contributed by atoms with E-state index < -0.39 is 0 Å². The zero-order chi connectivity index (χ0) is 12.1. The molecule has 3 heteroatoms. The molecule has 2 aromatic rings. The first-order valence-corrected chi connectivity index (χ1v) is 6.42. The Morgan fingerprint density at radius 3 is 1.53 bits per heavy atom. The van der Waals surface area contributed by atoms with E-state index in [2.05, 4.69) is 24.3 Å². The highest BCUT2D eigenvalue weighted by atomic mass is 32.1. The fraction of sp³-hybridized carbons (Fsp3) is 0.0714. The van der Waals surface area contributed by atoms with E-state index in [0.29, 0.717) is 5.11 Å². The van der Waals surface area contributed by atoms with Crippen LogP contribution >= 0.6 is 11.4 Å². The molecule has 0 unspecified atom stereocenters. The Hall–Kier alpha value is -1.42. The van der Waals surface area contributed by atoms with E-state index in [4.69, 9.17) is 11.5 Å². The fourth-order valence-corrected chi connectivity index (χ4v) is 2.70. The van der Waals surface area contributed by atoms with Crippen molar-refractivity contribution in [1.82, 2.24) is 0 Å². The van der Waals surface area contributed by atoms with Gasteiger partial charge in [-0.1, -0.05) is 60.7 Å². The average Bonchev–Trinajstić information content (AvgIpc) is 2.38. The molecule has 88 valence electrons. The van der Waals surface area contributed by atoms with E-state index in [0.717, 1.165) is 11.4 Å². The first-order chi connectivity index (χ1) is 8.27. The lowest BCUT2D eigenvalue weighted by molar-refractivity contribution is 1.16. The van der Waals surface area contributed by atoms with Crippen molar-refractivity contribution in [3.63, 3.8) is 0 Å². The summed E-state index contributed by atoms with van der Waals surface area (Å²) >= 11 is 0.942. The Kier molecular flexibility index (Phi) is 4.09. The van der Waals surface area contributed by atoms with Crippen LogP contribution in [0.15, 0.2) is 60.7 Å². The summed E-state index contributed by atoms with van der Waals surface area (Å²) in [7, 11) is 0. The molecule has 0 bridgehead atoms. The molecule has 0 saturated heterocycles. The molecular formula is C14H16N2S. The van der Waals surface area contributed by atoms with Crippen LogP contribution in [0.3, 0.4) is 0 Å². The second kappa shape index (κ2) is 5.77. The lowest BCUT2D eigenvalue weighted by atomic mass is 10.0. The predicted octanol–water partition coefficient (Wildman–Crippen LogP) is 2.25. The van der Waals surface area contributed by atoms with Crippen LogP contribution in [-0.4, -0.2) is 5.11 Å². The molecule has 2 rings (SSSR count). The van der Waals surface area contributed by atoms with Gasteiger partial charge in [0, 0.05) is 5.25 Å². The predicted molar refractivity (Wildman–Crippen MR) is 77.1 cm³/mol. The summed E-state index contributed by atoms with van der Waals surface area (Å²) in [5.41, 5.74) is 13.8. The van der Waals surface area contributed by atoms with Gasteiger partial charge in [0.1, 0.15) is 0 Å². The molecule has 2 aromatic carbocycles. The summed E-state index contributed by atoms with van der Waals surface area (Å²) in [6.07, 6.45) is 0. The Bertz CT molecular complexity index is 451. The van der Waals surface area contributed by atoms with Gasteiger partial charge < -0.3 is 0 Å². The second-order valence-corrected chi connectivity index (χ2v) is 5.07. The van der Waals surface area contributed by atoms with Gasteiger partial charge in [-0.05, 0) is 11.1 Å². The van der Waals surface area contributed by atoms with Crippen molar-refractivity contribution in [2.24, 2.45) is 11.5 Å². The summed E-state index contributed by atoms with van der Waals surface area (Å²) < 4.78 is 0. The third kappa shape index (κ3) is 3.27. The maximum atomic E-state index is 5.65. The van der Waals surface area contributed by atoms with Crippen molar-refractivity contribution in [1.29, 1.82) is 0 Å². The Morgan fingerprint density at radius 1 is 0.765 bits per heavy atom. The topological polar surface area (TPSA) is 52.0 Å². The highest BCUT2D eigenvalue weighted by Crippen LogP contribution is 2.30. The van der Waals surface area contributed by atoms with Gasteiger partial charge >= 0.3 is 0 Å². The molecule has 0 radical (unpaired) electrons. The molecule has 0 aliphatic rings. The molecule has 4 N–H and O–H groups in total. The highest BCUT2D eigenvalue weighted by molar-refractivity contribution is 7.99. The second-order valence-electron chi connectivity index (χ2n) is 3.78. The molecule has 2 nitrogen and oxygen atoms in total. The monoisotopic (exact) mass is 244 g/mol. The van der Waals surface area contributed by atoms with Crippen LogP contribution in [-0.2, 0) is 0 Å². The van der Waals surface area contributed by atoms with Crippen molar-refractivity contribution in [2.75, 3.05) is 0 Å². The van der Waals surface area contributed by atoms with E-state index in [1.165, 1.54) is 11.1 Å². The summed E-state index contributed by atoms with van der Waals surface area (Å²) in [6, 6.07) is 20.6. The van der Waals surface area contributed by atoms with Gasteiger partial charge in [-0.3, -0.25) is 11.5 Å². The van der Waals surface area contributed by atoms with E-state index in [-0.39, 0.29) is 5.25 Å². The van der Waals surface area contributed by atoms with Crippen molar-refractivity contribution >= 4 is 16.5 Å². The van der Waals surface area contributed by atoms with Crippen LogP contribution in [0, 0.1) is 0 Å². The number of hydrogen-bond donors (Lipinski definition) is 3. The number of nitrogens with two attached hydrogens (primary N) is 2. The SMILES string of the molecule is NC(N)=[SH]C(c1ccccc1)c1ccccc1. The summed E-state index contributed by atoms with van der Waals surface area (Å²) in [6.45, 7) is 0. The van der Waals surface area contributed by atoms with Gasteiger partial charge in [0.2, 0.25) is 0 Å². The van der Waals surface area contributed by atoms with Crippen LogP contribution in [0.25, 0.3) is 0 Å². The molecule has 0 fully saturated rings. The first-order valence-electron chi connectivity index (χ1n) is 5.46. The Labute approximate surface area is 105 Å². The molecule has 0 amide bonds. The Balaban J connectivity index is 2.43. The van der Waals surface area contributed by atoms with Crippen molar-refractivity contribution < 1.29 is 0 Å². The van der Waals surface area contributed by atoms with E-state index in [9.17, 15) is 0 Å². The minimum atomic E-state index is 0.211. The van der Waals surface area contributed by atoms with Crippen molar-refractivity contribution in [3.05, 3.63) is 71.8 Å². The third-order valence-electron chi connectivity index (χ3n) is 2.51. The maximum absolute atomic E-state index is 5.65. The standard InChI is InChI=1S/C14H16N2S/c15-14(16)17-13(11-7-3-1-4-8-11)12-9-5-2-6-10-12/h1-10,13,17H,15-16H2. The average molecular weight is 244 g/mol.